The SMILES string of the molecule is CCOc1ccc(S(=O)(=O)Nc2ccc(C(=O)NCC(CO)CC(C)C)cc2)cc1. The summed E-state index contributed by atoms with van der Waals surface area (Å²) in [7, 11) is -3.75. The summed E-state index contributed by atoms with van der Waals surface area (Å²) in [5.74, 6) is 0.776. The molecule has 0 saturated heterocycles. The van der Waals surface area contributed by atoms with Gasteiger partial charge in [0.25, 0.3) is 15.9 Å². The van der Waals surface area contributed by atoms with Gasteiger partial charge < -0.3 is 15.2 Å². The van der Waals surface area contributed by atoms with Gasteiger partial charge in [0, 0.05) is 24.4 Å². The van der Waals surface area contributed by atoms with Crippen LogP contribution >= 0.6 is 0 Å². The Morgan fingerprint density at radius 3 is 2.23 bits per heavy atom. The summed E-state index contributed by atoms with van der Waals surface area (Å²) < 4.78 is 32.9. The van der Waals surface area contributed by atoms with E-state index in [2.05, 4.69) is 23.9 Å². The summed E-state index contributed by atoms with van der Waals surface area (Å²) in [5.41, 5.74) is 0.772. The number of amides is 1. The first-order valence-corrected chi connectivity index (χ1v) is 11.5. The van der Waals surface area contributed by atoms with Gasteiger partial charge in [-0.25, -0.2) is 8.42 Å². The maximum Gasteiger partial charge on any atom is 0.261 e. The van der Waals surface area contributed by atoms with E-state index in [1.165, 1.54) is 12.1 Å². The smallest absolute Gasteiger partial charge is 0.261 e. The molecule has 0 aliphatic carbocycles. The molecule has 1 amide bonds. The van der Waals surface area contributed by atoms with Crippen LogP contribution in [-0.2, 0) is 10.0 Å². The number of sulfonamides is 1. The molecular formula is C22H30N2O5S. The monoisotopic (exact) mass is 434 g/mol. The van der Waals surface area contributed by atoms with Crippen LogP contribution in [0.25, 0.3) is 0 Å². The van der Waals surface area contributed by atoms with Crippen LogP contribution in [0.4, 0.5) is 5.69 Å². The van der Waals surface area contributed by atoms with E-state index in [-0.39, 0.29) is 23.3 Å². The molecule has 1 unspecified atom stereocenters. The van der Waals surface area contributed by atoms with Crippen LogP contribution < -0.4 is 14.8 Å². The van der Waals surface area contributed by atoms with Crippen molar-refractivity contribution in [1.82, 2.24) is 5.32 Å². The minimum absolute atomic E-state index is 0.00847. The van der Waals surface area contributed by atoms with E-state index in [1.54, 1.807) is 36.4 Å². The van der Waals surface area contributed by atoms with E-state index in [1.807, 2.05) is 6.92 Å². The highest BCUT2D eigenvalue weighted by Crippen LogP contribution is 2.20. The number of ether oxygens (including phenoxy) is 1. The van der Waals surface area contributed by atoms with Gasteiger partial charge in [-0.2, -0.15) is 0 Å². The molecule has 2 aromatic carbocycles. The lowest BCUT2D eigenvalue weighted by Gasteiger charge is -2.17. The molecule has 30 heavy (non-hydrogen) atoms. The first kappa shape index (κ1) is 23.7. The van der Waals surface area contributed by atoms with E-state index in [9.17, 15) is 18.3 Å². The number of rotatable bonds is 11. The number of aliphatic hydroxyl groups excluding tert-OH is 1. The van der Waals surface area contributed by atoms with Gasteiger partial charge in [0.2, 0.25) is 0 Å². The third-order valence-electron chi connectivity index (χ3n) is 4.46. The molecule has 0 aromatic heterocycles. The topological polar surface area (TPSA) is 105 Å². The number of hydrogen-bond donors (Lipinski definition) is 3. The minimum Gasteiger partial charge on any atom is -0.494 e. The lowest BCUT2D eigenvalue weighted by atomic mass is 9.98. The molecule has 164 valence electrons. The van der Waals surface area contributed by atoms with Crippen LogP contribution in [0.15, 0.2) is 53.4 Å². The van der Waals surface area contributed by atoms with Crippen molar-refractivity contribution in [3.05, 3.63) is 54.1 Å². The molecule has 2 aromatic rings. The van der Waals surface area contributed by atoms with E-state index >= 15 is 0 Å². The fourth-order valence-electron chi connectivity index (χ4n) is 3.01. The van der Waals surface area contributed by atoms with Crippen LogP contribution in [0.1, 0.15) is 37.6 Å². The largest absolute Gasteiger partial charge is 0.494 e. The van der Waals surface area contributed by atoms with Crippen molar-refractivity contribution in [3.63, 3.8) is 0 Å². The van der Waals surface area contributed by atoms with Gasteiger partial charge in [-0.3, -0.25) is 9.52 Å². The van der Waals surface area contributed by atoms with Crippen molar-refractivity contribution >= 4 is 21.6 Å². The Bertz CT molecular complexity index is 910. The predicted octanol–water partition coefficient (Wildman–Crippen LogP) is 3.27. The highest BCUT2D eigenvalue weighted by Gasteiger charge is 2.16. The normalized spacial score (nSPS) is 12.4. The van der Waals surface area contributed by atoms with Crippen LogP contribution in [-0.4, -0.2) is 39.2 Å². The summed E-state index contributed by atoms with van der Waals surface area (Å²) in [5, 5.41) is 12.2. The van der Waals surface area contributed by atoms with Gasteiger partial charge in [-0.15, -0.1) is 0 Å². The average Bonchev–Trinajstić information content (AvgIpc) is 2.71. The third-order valence-corrected chi connectivity index (χ3v) is 5.86. The van der Waals surface area contributed by atoms with E-state index in [4.69, 9.17) is 4.74 Å². The Morgan fingerprint density at radius 1 is 1.07 bits per heavy atom. The summed E-state index contributed by atoms with van der Waals surface area (Å²) >= 11 is 0. The maximum atomic E-state index is 12.5. The second-order valence-electron chi connectivity index (χ2n) is 7.48. The van der Waals surface area contributed by atoms with Crippen molar-refractivity contribution in [2.75, 3.05) is 24.5 Å². The number of aliphatic hydroxyl groups is 1. The molecule has 2 rings (SSSR count). The summed E-state index contributed by atoms with van der Waals surface area (Å²) in [4.78, 5) is 12.4. The van der Waals surface area contributed by atoms with Crippen LogP contribution in [0.2, 0.25) is 0 Å². The zero-order valence-corrected chi connectivity index (χ0v) is 18.4. The van der Waals surface area contributed by atoms with Crippen molar-refractivity contribution in [3.8, 4) is 5.75 Å². The fraction of sp³-hybridized carbons (Fsp3) is 0.409. The third kappa shape index (κ3) is 7.03. The van der Waals surface area contributed by atoms with Crippen LogP contribution in [0, 0.1) is 11.8 Å². The molecule has 7 nitrogen and oxygen atoms in total. The molecule has 8 heteroatoms. The number of anilines is 1. The summed E-state index contributed by atoms with van der Waals surface area (Å²) in [6.45, 7) is 6.90. The van der Waals surface area contributed by atoms with Gasteiger partial charge in [0.05, 0.1) is 11.5 Å². The van der Waals surface area contributed by atoms with Crippen LogP contribution in [0.5, 0.6) is 5.75 Å². The van der Waals surface area contributed by atoms with Crippen molar-refractivity contribution in [1.29, 1.82) is 0 Å². The average molecular weight is 435 g/mol. The van der Waals surface area contributed by atoms with Gasteiger partial charge in [0.1, 0.15) is 5.75 Å². The molecule has 0 aliphatic rings. The van der Waals surface area contributed by atoms with E-state index < -0.39 is 10.0 Å². The highest BCUT2D eigenvalue weighted by molar-refractivity contribution is 7.92. The summed E-state index contributed by atoms with van der Waals surface area (Å²) in [6.07, 6.45) is 0.822. The summed E-state index contributed by atoms with van der Waals surface area (Å²) in [6, 6.07) is 12.4. The quantitative estimate of drug-likeness (QED) is 0.503. The second-order valence-corrected chi connectivity index (χ2v) is 9.16. The Hall–Kier alpha value is -2.58. The first-order valence-electron chi connectivity index (χ1n) is 10.00. The maximum absolute atomic E-state index is 12.5. The number of carbonyl (C=O) groups excluding carboxylic acids is 1. The molecule has 0 heterocycles. The molecule has 0 radical (unpaired) electrons. The zero-order chi connectivity index (χ0) is 22.1. The Kier molecular flexibility index (Phi) is 8.68. The van der Waals surface area contributed by atoms with Crippen LogP contribution in [0.3, 0.4) is 0 Å². The molecule has 0 aliphatic heterocycles. The Labute approximate surface area is 178 Å². The number of hydrogen-bond acceptors (Lipinski definition) is 5. The molecule has 0 fully saturated rings. The Balaban J connectivity index is 1.98. The molecular weight excluding hydrogens is 404 g/mol. The number of benzene rings is 2. The van der Waals surface area contributed by atoms with Gasteiger partial charge in [-0.05, 0) is 73.7 Å². The lowest BCUT2D eigenvalue weighted by molar-refractivity contribution is 0.0936. The minimum atomic E-state index is -3.75. The number of nitrogens with one attached hydrogen (secondary N) is 2. The fourth-order valence-corrected chi connectivity index (χ4v) is 4.07. The molecule has 3 N–H and O–H groups in total. The van der Waals surface area contributed by atoms with Crippen molar-refractivity contribution in [2.24, 2.45) is 11.8 Å². The Morgan fingerprint density at radius 2 is 1.70 bits per heavy atom. The van der Waals surface area contributed by atoms with E-state index in [0.717, 1.165) is 6.42 Å². The predicted molar refractivity (Wildman–Crippen MR) is 117 cm³/mol. The molecule has 1 atom stereocenters. The molecule has 0 spiro atoms. The molecule has 0 saturated carbocycles. The lowest BCUT2D eigenvalue weighted by Crippen LogP contribution is -2.31. The first-order chi connectivity index (χ1) is 14.2. The van der Waals surface area contributed by atoms with Crippen molar-refractivity contribution < 1.29 is 23.1 Å². The van der Waals surface area contributed by atoms with Gasteiger partial charge >= 0.3 is 0 Å². The molecule has 0 bridgehead atoms. The van der Waals surface area contributed by atoms with Gasteiger partial charge in [-0.1, -0.05) is 13.8 Å². The number of carbonyl (C=O) groups is 1. The van der Waals surface area contributed by atoms with Gasteiger partial charge in [0.15, 0.2) is 0 Å². The van der Waals surface area contributed by atoms with E-state index in [0.29, 0.717) is 36.1 Å². The second kappa shape index (κ2) is 11.0. The zero-order valence-electron chi connectivity index (χ0n) is 17.6. The highest BCUT2D eigenvalue weighted by atomic mass is 32.2. The standard InChI is InChI=1S/C22H30N2O5S/c1-4-29-20-9-11-21(12-10-20)30(27,28)24-19-7-5-18(6-8-19)22(26)23-14-17(15-25)13-16(2)3/h5-12,16-17,24-25H,4,13-15H2,1-3H3,(H,23,26). The van der Waals surface area contributed by atoms with Crippen molar-refractivity contribution in [2.45, 2.75) is 32.1 Å².